The molecule has 0 unspecified atom stereocenters. The highest BCUT2D eigenvalue weighted by Crippen LogP contribution is 2.26. The number of carboxylic acid groups (broad SMARTS) is 1. The highest BCUT2D eigenvalue weighted by molar-refractivity contribution is 6.36. The first-order valence-corrected chi connectivity index (χ1v) is 7.99. The number of rotatable bonds is 5. The van der Waals surface area contributed by atoms with Gasteiger partial charge in [0.1, 0.15) is 5.82 Å². The molecule has 0 bridgehead atoms. The lowest BCUT2D eigenvalue weighted by molar-refractivity contribution is -0.138. The molecule has 1 aliphatic rings. The Kier molecular flexibility index (Phi) is 6.40. The molecule has 1 amide bonds. The van der Waals surface area contributed by atoms with Crippen LogP contribution < -0.4 is 0 Å². The van der Waals surface area contributed by atoms with Gasteiger partial charge in [0.25, 0.3) is 5.91 Å². The third kappa shape index (κ3) is 4.80. The van der Waals surface area contributed by atoms with Gasteiger partial charge < -0.3 is 14.7 Å². The molecule has 9 heteroatoms. The number of aliphatic carboxylic acids is 1. The Hall–Kier alpha value is -1.41. The highest BCUT2D eigenvalue weighted by atomic mass is 35.5. The molecule has 0 spiro atoms. The number of benzene rings is 1. The van der Waals surface area contributed by atoms with Crippen LogP contribution in [0.3, 0.4) is 0 Å². The molecule has 0 aliphatic carbocycles. The highest BCUT2D eigenvalue weighted by Gasteiger charge is 2.28. The summed E-state index contributed by atoms with van der Waals surface area (Å²) in [5.74, 6) is -2.06. The first-order valence-electron chi connectivity index (χ1n) is 7.23. The standard InChI is InChI=1S/C15H17Cl2FN2O4/c1-19(8-14(21)22)6-9-7-20(2-3-24-9)15(23)10-4-13(18)12(17)5-11(10)16/h4-5,9H,2-3,6-8H2,1H3,(H,21,22)/t9-/m0/s1. The summed E-state index contributed by atoms with van der Waals surface area (Å²) in [6.07, 6.45) is -0.331. The Balaban J connectivity index is 2.05. The van der Waals surface area contributed by atoms with Crippen LogP contribution in [0.15, 0.2) is 12.1 Å². The lowest BCUT2D eigenvalue weighted by Gasteiger charge is -2.34. The lowest BCUT2D eigenvalue weighted by Crippen LogP contribution is -2.49. The van der Waals surface area contributed by atoms with E-state index in [2.05, 4.69) is 0 Å². The van der Waals surface area contributed by atoms with Gasteiger partial charge in [-0.1, -0.05) is 23.2 Å². The molecule has 0 radical (unpaired) electrons. The van der Waals surface area contributed by atoms with E-state index in [0.717, 1.165) is 6.07 Å². The molecule has 24 heavy (non-hydrogen) atoms. The smallest absolute Gasteiger partial charge is 0.317 e. The van der Waals surface area contributed by atoms with Gasteiger partial charge in [-0.25, -0.2) is 4.39 Å². The Morgan fingerprint density at radius 2 is 2.12 bits per heavy atom. The van der Waals surface area contributed by atoms with E-state index in [-0.39, 0.29) is 34.8 Å². The number of carbonyl (C=O) groups excluding carboxylic acids is 1. The van der Waals surface area contributed by atoms with Gasteiger partial charge in [-0.15, -0.1) is 0 Å². The van der Waals surface area contributed by atoms with Gasteiger partial charge in [0.15, 0.2) is 0 Å². The van der Waals surface area contributed by atoms with Gasteiger partial charge in [-0.2, -0.15) is 0 Å². The maximum absolute atomic E-state index is 13.6. The second kappa shape index (κ2) is 8.11. The lowest BCUT2D eigenvalue weighted by atomic mass is 10.1. The second-order valence-electron chi connectivity index (χ2n) is 5.58. The van der Waals surface area contributed by atoms with E-state index in [4.69, 9.17) is 33.0 Å². The van der Waals surface area contributed by atoms with E-state index in [9.17, 15) is 14.0 Å². The van der Waals surface area contributed by atoms with Crippen LogP contribution in [0.5, 0.6) is 0 Å². The van der Waals surface area contributed by atoms with E-state index < -0.39 is 17.7 Å². The summed E-state index contributed by atoms with van der Waals surface area (Å²) in [7, 11) is 1.66. The predicted molar refractivity (Wildman–Crippen MR) is 87.2 cm³/mol. The fraction of sp³-hybridized carbons (Fsp3) is 0.467. The van der Waals surface area contributed by atoms with Crippen molar-refractivity contribution in [1.29, 1.82) is 0 Å². The number of amides is 1. The number of morpholine rings is 1. The molecular formula is C15H17Cl2FN2O4. The monoisotopic (exact) mass is 378 g/mol. The molecule has 1 heterocycles. The molecule has 132 valence electrons. The minimum absolute atomic E-state index is 0.0399. The molecule has 0 saturated carbocycles. The Morgan fingerprint density at radius 3 is 2.79 bits per heavy atom. The first-order chi connectivity index (χ1) is 11.3. The average molecular weight is 379 g/mol. The van der Waals surface area contributed by atoms with Crippen molar-refractivity contribution in [3.8, 4) is 0 Å². The van der Waals surface area contributed by atoms with Gasteiger partial charge in [-0.05, 0) is 19.2 Å². The Labute approximate surface area is 148 Å². The molecule has 1 fully saturated rings. The number of halogens is 3. The van der Waals surface area contributed by atoms with Crippen LogP contribution >= 0.6 is 23.2 Å². The summed E-state index contributed by atoms with van der Waals surface area (Å²) in [5.41, 5.74) is 0.0399. The van der Waals surface area contributed by atoms with Crippen molar-refractivity contribution in [3.63, 3.8) is 0 Å². The van der Waals surface area contributed by atoms with Crippen molar-refractivity contribution in [2.75, 3.05) is 39.8 Å². The van der Waals surface area contributed by atoms with Crippen molar-refractivity contribution in [2.24, 2.45) is 0 Å². The number of nitrogens with zero attached hydrogens (tertiary/aromatic N) is 2. The minimum atomic E-state index is -0.940. The number of likely N-dealkylation sites (N-methyl/N-ethyl adjacent to an activating group) is 1. The fourth-order valence-corrected chi connectivity index (χ4v) is 2.98. The Morgan fingerprint density at radius 1 is 1.42 bits per heavy atom. The normalized spacial score (nSPS) is 18.0. The van der Waals surface area contributed by atoms with Crippen molar-refractivity contribution < 1.29 is 23.8 Å². The topological polar surface area (TPSA) is 70.1 Å². The summed E-state index contributed by atoms with van der Waals surface area (Å²) in [6, 6.07) is 2.22. The molecule has 1 aromatic carbocycles. The van der Waals surface area contributed by atoms with Crippen LogP contribution in [-0.4, -0.2) is 72.7 Å². The van der Waals surface area contributed by atoms with E-state index in [1.807, 2.05) is 0 Å². The van der Waals surface area contributed by atoms with Gasteiger partial charge in [0.05, 0.1) is 34.9 Å². The van der Waals surface area contributed by atoms with Crippen LogP contribution in [0.2, 0.25) is 10.0 Å². The maximum atomic E-state index is 13.6. The number of carboxylic acids is 1. The van der Waals surface area contributed by atoms with Gasteiger partial charge in [-0.3, -0.25) is 14.5 Å². The van der Waals surface area contributed by atoms with Crippen LogP contribution in [-0.2, 0) is 9.53 Å². The van der Waals surface area contributed by atoms with E-state index >= 15 is 0 Å². The number of carbonyl (C=O) groups is 2. The van der Waals surface area contributed by atoms with E-state index in [0.29, 0.717) is 19.7 Å². The largest absolute Gasteiger partial charge is 0.480 e. The zero-order valence-corrected chi connectivity index (χ0v) is 14.5. The molecular weight excluding hydrogens is 362 g/mol. The van der Waals surface area contributed by atoms with Crippen molar-refractivity contribution in [2.45, 2.75) is 6.10 Å². The van der Waals surface area contributed by atoms with Crippen LogP contribution in [0.25, 0.3) is 0 Å². The zero-order valence-electron chi connectivity index (χ0n) is 13.0. The molecule has 1 aliphatic heterocycles. The molecule has 1 aromatic rings. The fourth-order valence-electron chi connectivity index (χ4n) is 2.51. The van der Waals surface area contributed by atoms with Crippen LogP contribution in [0, 0.1) is 5.82 Å². The van der Waals surface area contributed by atoms with E-state index in [1.54, 1.807) is 11.9 Å². The molecule has 1 atom stereocenters. The Bertz CT molecular complexity index is 644. The zero-order chi connectivity index (χ0) is 17.9. The summed E-state index contributed by atoms with van der Waals surface area (Å²) in [5, 5.41) is 8.71. The van der Waals surface area contributed by atoms with Crippen molar-refractivity contribution in [1.82, 2.24) is 9.80 Å². The maximum Gasteiger partial charge on any atom is 0.317 e. The van der Waals surface area contributed by atoms with Crippen LogP contribution in [0.4, 0.5) is 4.39 Å². The number of hydrogen-bond donors (Lipinski definition) is 1. The van der Waals surface area contributed by atoms with Gasteiger partial charge >= 0.3 is 5.97 Å². The molecule has 0 aromatic heterocycles. The molecule has 1 saturated heterocycles. The van der Waals surface area contributed by atoms with Crippen molar-refractivity contribution in [3.05, 3.63) is 33.6 Å². The number of ether oxygens (including phenoxy) is 1. The summed E-state index contributed by atoms with van der Waals surface area (Å²) in [6.45, 7) is 1.16. The summed E-state index contributed by atoms with van der Waals surface area (Å²) >= 11 is 11.6. The van der Waals surface area contributed by atoms with E-state index in [1.165, 1.54) is 11.0 Å². The SMILES string of the molecule is CN(CC(=O)O)C[C@H]1CN(C(=O)c2cc(F)c(Cl)cc2Cl)CCO1. The van der Waals surface area contributed by atoms with Crippen LogP contribution in [0.1, 0.15) is 10.4 Å². The first kappa shape index (κ1) is 18.9. The molecule has 6 nitrogen and oxygen atoms in total. The van der Waals surface area contributed by atoms with Gasteiger partial charge in [0.2, 0.25) is 0 Å². The third-order valence-corrected chi connectivity index (χ3v) is 4.19. The second-order valence-corrected chi connectivity index (χ2v) is 6.40. The average Bonchev–Trinajstić information content (AvgIpc) is 2.49. The van der Waals surface area contributed by atoms with Crippen molar-refractivity contribution >= 4 is 35.1 Å². The summed E-state index contributed by atoms with van der Waals surface area (Å²) < 4.78 is 19.2. The third-order valence-electron chi connectivity index (χ3n) is 3.59. The minimum Gasteiger partial charge on any atom is -0.480 e. The van der Waals surface area contributed by atoms with Gasteiger partial charge in [0, 0.05) is 19.6 Å². The molecule has 2 rings (SSSR count). The quantitative estimate of drug-likeness (QED) is 0.793. The molecule has 1 N–H and O–H groups in total. The predicted octanol–water partition coefficient (Wildman–Crippen LogP) is 1.99. The number of hydrogen-bond acceptors (Lipinski definition) is 4. The summed E-state index contributed by atoms with van der Waals surface area (Å²) in [4.78, 5) is 26.4.